The van der Waals surface area contributed by atoms with Gasteiger partial charge in [-0.25, -0.2) is 4.39 Å². The van der Waals surface area contributed by atoms with Gasteiger partial charge in [0.15, 0.2) is 0 Å². The standard InChI is InChI=1S/C17H19BrFNO/c1-10-9-15(21-4)11(2)8-13(10)17(20-3)12-6-5-7-14(18)16(12)19/h5-9,17,20H,1-4H3. The number of methoxy groups -OCH3 is 1. The third-order valence-electron chi connectivity index (χ3n) is 3.68. The van der Waals surface area contributed by atoms with Crippen LogP contribution < -0.4 is 10.1 Å². The van der Waals surface area contributed by atoms with Crippen LogP contribution in [0.15, 0.2) is 34.8 Å². The molecule has 4 heteroatoms. The maximum absolute atomic E-state index is 14.4. The second-order valence-electron chi connectivity index (χ2n) is 5.04. The zero-order valence-corrected chi connectivity index (χ0v) is 14.2. The summed E-state index contributed by atoms with van der Waals surface area (Å²) in [5, 5.41) is 3.21. The molecule has 1 atom stereocenters. The van der Waals surface area contributed by atoms with Crippen LogP contribution in [0.3, 0.4) is 0 Å². The summed E-state index contributed by atoms with van der Waals surface area (Å²) in [5.41, 5.74) is 3.78. The Morgan fingerprint density at radius 2 is 1.86 bits per heavy atom. The Morgan fingerprint density at radius 1 is 1.14 bits per heavy atom. The van der Waals surface area contributed by atoms with Crippen molar-refractivity contribution >= 4 is 15.9 Å². The third kappa shape index (κ3) is 3.11. The van der Waals surface area contributed by atoms with Gasteiger partial charge in [-0.3, -0.25) is 0 Å². The summed E-state index contributed by atoms with van der Waals surface area (Å²) in [6.45, 7) is 4.00. The van der Waals surface area contributed by atoms with Crippen molar-refractivity contribution in [2.24, 2.45) is 0 Å². The average molecular weight is 352 g/mol. The molecule has 0 bridgehead atoms. The van der Waals surface area contributed by atoms with Crippen molar-refractivity contribution in [2.75, 3.05) is 14.2 Å². The lowest BCUT2D eigenvalue weighted by Gasteiger charge is -2.22. The molecule has 2 aromatic carbocycles. The van der Waals surface area contributed by atoms with E-state index in [0.717, 1.165) is 22.4 Å². The predicted molar refractivity (Wildman–Crippen MR) is 87.5 cm³/mol. The predicted octanol–water partition coefficient (Wildman–Crippen LogP) is 4.52. The first kappa shape index (κ1) is 16.0. The van der Waals surface area contributed by atoms with E-state index in [9.17, 15) is 4.39 Å². The van der Waals surface area contributed by atoms with E-state index in [1.807, 2.05) is 33.0 Å². The second-order valence-corrected chi connectivity index (χ2v) is 5.90. The molecule has 0 aliphatic heterocycles. The Kier molecular flexibility index (Phi) is 5.01. The van der Waals surface area contributed by atoms with Gasteiger partial charge in [-0.2, -0.15) is 0 Å². The highest BCUT2D eigenvalue weighted by Crippen LogP contribution is 2.32. The summed E-state index contributed by atoms with van der Waals surface area (Å²) in [5.74, 6) is 0.616. The summed E-state index contributed by atoms with van der Waals surface area (Å²) in [6, 6.07) is 9.20. The van der Waals surface area contributed by atoms with E-state index in [-0.39, 0.29) is 11.9 Å². The highest BCUT2D eigenvalue weighted by atomic mass is 79.9. The molecule has 0 saturated carbocycles. The van der Waals surface area contributed by atoms with Crippen LogP contribution in [0.1, 0.15) is 28.3 Å². The van der Waals surface area contributed by atoms with Gasteiger partial charge in [0.25, 0.3) is 0 Å². The number of halogens is 2. The molecule has 21 heavy (non-hydrogen) atoms. The number of nitrogens with one attached hydrogen (secondary N) is 1. The van der Waals surface area contributed by atoms with Crippen LogP contribution in [0.25, 0.3) is 0 Å². The van der Waals surface area contributed by atoms with Crippen molar-refractivity contribution in [1.29, 1.82) is 0 Å². The topological polar surface area (TPSA) is 21.3 Å². The van der Waals surface area contributed by atoms with Crippen LogP contribution in [0, 0.1) is 19.7 Å². The van der Waals surface area contributed by atoms with Gasteiger partial charge in [0, 0.05) is 5.56 Å². The van der Waals surface area contributed by atoms with Crippen LogP contribution in [-0.4, -0.2) is 14.2 Å². The van der Waals surface area contributed by atoms with Gasteiger partial charge in [-0.15, -0.1) is 0 Å². The quantitative estimate of drug-likeness (QED) is 0.873. The normalized spacial score (nSPS) is 12.3. The van der Waals surface area contributed by atoms with Crippen molar-refractivity contribution in [2.45, 2.75) is 19.9 Å². The van der Waals surface area contributed by atoms with E-state index < -0.39 is 0 Å². The molecule has 0 spiro atoms. The van der Waals surface area contributed by atoms with Gasteiger partial charge >= 0.3 is 0 Å². The Balaban J connectivity index is 2.57. The van der Waals surface area contributed by atoms with E-state index in [2.05, 4.69) is 27.3 Å². The summed E-state index contributed by atoms with van der Waals surface area (Å²) in [6.07, 6.45) is 0. The summed E-state index contributed by atoms with van der Waals surface area (Å²) in [7, 11) is 3.50. The lowest BCUT2D eigenvalue weighted by Crippen LogP contribution is -2.20. The van der Waals surface area contributed by atoms with E-state index in [1.165, 1.54) is 0 Å². The van der Waals surface area contributed by atoms with E-state index >= 15 is 0 Å². The molecule has 0 fully saturated rings. The molecule has 0 heterocycles. The fourth-order valence-corrected chi connectivity index (χ4v) is 2.95. The van der Waals surface area contributed by atoms with Crippen LogP contribution >= 0.6 is 15.9 Å². The van der Waals surface area contributed by atoms with Crippen molar-refractivity contribution < 1.29 is 9.13 Å². The van der Waals surface area contributed by atoms with Crippen molar-refractivity contribution in [3.63, 3.8) is 0 Å². The van der Waals surface area contributed by atoms with E-state index in [0.29, 0.717) is 10.0 Å². The molecule has 1 unspecified atom stereocenters. The van der Waals surface area contributed by atoms with Crippen LogP contribution in [0.5, 0.6) is 5.75 Å². The van der Waals surface area contributed by atoms with Crippen LogP contribution in [0.4, 0.5) is 4.39 Å². The molecule has 0 aliphatic carbocycles. The monoisotopic (exact) mass is 351 g/mol. The average Bonchev–Trinajstić information content (AvgIpc) is 2.47. The van der Waals surface area contributed by atoms with Gasteiger partial charge in [0.2, 0.25) is 0 Å². The fourth-order valence-electron chi connectivity index (χ4n) is 2.56. The molecule has 2 aromatic rings. The molecule has 0 radical (unpaired) electrons. The number of hydrogen-bond donors (Lipinski definition) is 1. The summed E-state index contributed by atoms with van der Waals surface area (Å²) in [4.78, 5) is 0. The molecule has 0 aromatic heterocycles. The SMILES string of the molecule is CNC(c1cc(C)c(OC)cc1C)c1cccc(Br)c1F. The number of benzene rings is 2. The Labute approximate surface area is 133 Å². The molecular formula is C17H19BrFNO. The first-order valence-corrected chi connectivity index (χ1v) is 7.55. The van der Waals surface area contributed by atoms with Gasteiger partial charge in [-0.05, 0) is 65.6 Å². The largest absolute Gasteiger partial charge is 0.496 e. The van der Waals surface area contributed by atoms with Crippen molar-refractivity contribution in [3.05, 3.63) is 62.9 Å². The maximum Gasteiger partial charge on any atom is 0.142 e. The number of hydrogen-bond acceptors (Lipinski definition) is 2. The highest BCUT2D eigenvalue weighted by Gasteiger charge is 2.20. The molecular weight excluding hydrogens is 333 g/mol. The van der Waals surface area contributed by atoms with E-state index in [1.54, 1.807) is 19.2 Å². The number of aryl methyl sites for hydroxylation is 2. The van der Waals surface area contributed by atoms with Gasteiger partial charge in [0.05, 0.1) is 17.6 Å². The minimum absolute atomic E-state index is 0.202. The highest BCUT2D eigenvalue weighted by molar-refractivity contribution is 9.10. The van der Waals surface area contributed by atoms with Crippen molar-refractivity contribution in [1.82, 2.24) is 5.32 Å². The Bertz CT molecular complexity index is 657. The lowest BCUT2D eigenvalue weighted by atomic mass is 9.93. The minimum Gasteiger partial charge on any atom is -0.496 e. The Morgan fingerprint density at radius 3 is 2.48 bits per heavy atom. The van der Waals surface area contributed by atoms with E-state index in [4.69, 9.17) is 4.74 Å². The third-order valence-corrected chi connectivity index (χ3v) is 4.29. The zero-order chi connectivity index (χ0) is 15.6. The molecule has 112 valence electrons. The molecule has 0 amide bonds. The molecule has 2 rings (SSSR count). The van der Waals surface area contributed by atoms with Crippen LogP contribution in [0.2, 0.25) is 0 Å². The lowest BCUT2D eigenvalue weighted by molar-refractivity contribution is 0.411. The maximum atomic E-state index is 14.4. The number of rotatable bonds is 4. The van der Waals surface area contributed by atoms with Gasteiger partial charge < -0.3 is 10.1 Å². The van der Waals surface area contributed by atoms with Gasteiger partial charge in [-0.1, -0.05) is 18.2 Å². The fraction of sp³-hybridized carbons (Fsp3) is 0.294. The second kappa shape index (κ2) is 6.58. The minimum atomic E-state index is -0.232. The molecule has 2 nitrogen and oxygen atoms in total. The molecule has 0 aliphatic rings. The van der Waals surface area contributed by atoms with Crippen molar-refractivity contribution in [3.8, 4) is 5.75 Å². The smallest absolute Gasteiger partial charge is 0.142 e. The van der Waals surface area contributed by atoms with Crippen LogP contribution in [-0.2, 0) is 0 Å². The molecule has 0 saturated heterocycles. The first-order valence-electron chi connectivity index (χ1n) is 6.76. The number of ether oxygens (including phenoxy) is 1. The summed E-state index contributed by atoms with van der Waals surface area (Å²) < 4.78 is 20.2. The Hall–Kier alpha value is -1.39. The zero-order valence-electron chi connectivity index (χ0n) is 12.6. The summed E-state index contributed by atoms with van der Waals surface area (Å²) >= 11 is 3.25. The van der Waals surface area contributed by atoms with Gasteiger partial charge in [0.1, 0.15) is 11.6 Å². The molecule has 1 N–H and O–H groups in total. The first-order chi connectivity index (χ1) is 9.99.